The van der Waals surface area contributed by atoms with E-state index < -0.39 is 6.23 Å². The zero-order valence-electron chi connectivity index (χ0n) is 11.4. The molecule has 0 bridgehead atoms. The molecule has 1 atom stereocenters. The molecule has 2 nitrogen and oxygen atoms in total. The van der Waals surface area contributed by atoms with Gasteiger partial charge in [-0.15, -0.1) is 0 Å². The summed E-state index contributed by atoms with van der Waals surface area (Å²) in [5, 5.41) is 10.3. The van der Waals surface area contributed by atoms with E-state index in [4.69, 9.17) is 0 Å². The second-order valence-electron chi connectivity index (χ2n) is 4.72. The Balaban J connectivity index is 1.97. The fraction of sp³-hybridized carbons (Fsp3) is 0.294. The van der Waals surface area contributed by atoms with Crippen molar-refractivity contribution in [1.82, 2.24) is 4.90 Å². The molecule has 19 heavy (non-hydrogen) atoms. The van der Waals surface area contributed by atoms with Crippen LogP contribution >= 0.6 is 0 Å². The van der Waals surface area contributed by atoms with Gasteiger partial charge in [-0.25, -0.2) is 0 Å². The lowest BCUT2D eigenvalue weighted by Crippen LogP contribution is -2.36. The normalized spacial score (nSPS) is 12.6. The summed E-state index contributed by atoms with van der Waals surface area (Å²) < 4.78 is 0. The van der Waals surface area contributed by atoms with Crippen molar-refractivity contribution in [3.05, 3.63) is 71.8 Å². The van der Waals surface area contributed by atoms with Gasteiger partial charge >= 0.3 is 0 Å². The summed E-state index contributed by atoms with van der Waals surface area (Å²) in [5.74, 6) is 0. The van der Waals surface area contributed by atoms with Crippen LogP contribution in [-0.2, 0) is 13.0 Å². The molecule has 0 saturated heterocycles. The van der Waals surface area contributed by atoms with Gasteiger partial charge in [0.2, 0.25) is 0 Å². The molecule has 0 amide bonds. The molecule has 0 radical (unpaired) electrons. The van der Waals surface area contributed by atoms with Gasteiger partial charge in [-0.05, 0) is 17.7 Å². The van der Waals surface area contributed by atoms with Gasteiger partial charge < -0.3 is 5.11 Å². The first-order chi connectivity index (χ1) is 9.29. The molecule has 2 rings (SSSR count). The smallest absolute Gasteiger partial charge is 0.111 e. The lowest BCUT2D eigenvalue weighted by molar-refractivity contribution is 0.00207. The Labute approximate surface area is 115 Å². The van der Waals surface area contributed by atoms with Crippen molar-refractivity contribution in [2.45, 2.75) is 26.1 Å². The number of hydrogen-bond donors (Lipinski definition) is 1. The average molecular weight is 255 g/mol. The van der Waals surface area contributed by atoms with Crippen LogP contribution in [0.15, 0.2) is 60.7 Å². The van der Waals surface area contributed by atoms with E-state index in [-0.39, 0.29) is 0 Å². The molecule has 0 aliphatic carbocycles. The van der Waals surface area contributed by atoms with Crippen molar-refractivity contribution in [3.8, 4) is 0 Å². The summed E-state index contributed by atoms with van der Waals surface area (Å²) in [7, 11) is 0. The Morgan fingerprint density at radius 1 is 0.895 bits per heavy atom. The van der Waals surface area contributed by atoms with Gasteiger partial charge in [0.1, 0.15) is 6.23 Å². The predicted molar refractivity (Wildman–Crippen MR) is 78.7 cm³/mol. The molecule has 0 saturated carbocycles. The minimum absolute atomic E-state index is 0.437. The highest BCUT2D eigenvalue weighted by Crippen LogP contribution is 2.11. The van der Waals surface area contributed by atoms with Crippen molar-refractivity contribution < 1.29 is 5.11 Å². The minimum atomic E-state index is -0.437. The van der Waals surface area contributed by atoms with Crippen molar-refractivity contribution in [3.63, 3.8) is 0 Å². The largest absolute Gasteiger partial charge is 0.378 e. The van der Waals surface area contributed by atoms with Crippen LogP contribution in [0, 0.1) is 0 Å². The molecule has 1 unspecified atom stereocenters. The first-order valence-electron chi connectivity index (χ1n) is 6.79. The van der Waals surface area contributed by atoms with E-state index in [9.17, 15) is 5.11 Å². The lowest BCUT2D eigenvalue weighted by Gasteiger charge is -2.26. The zero-order chi connectivity index (χ0) is 13.5. The average Bonchev–Trinajstić information content (AvgIpc) is 2.47. The van der Waals surface area contributed by atoms with Crippen LogP contribution in [-0.4, -0.2) is 22.8 Å². The SMILES string of the molecule is CCN(Cc1ccccc1)C(O)Cc1ccccc1. The highest BCUT2D eigenvalue weighted by molar-refractivity contribution is 5.16. The number of hydrogen-bond acceptors (Lipinski definition) is 2. The summed E-state index contributed by atoms with van der Waals surface area (Å²) in [6, 6.07) is 20.4. The molecular formula is C17H21NO. The number of nitrogens with zero attached hydrogens (tertiary/aromatic N) is 1. The van der Waals surface area contributed by atoms with E-state index in [2.05, 4.69) is 36.1 Å². The van der Waals surface area contributed by atoms with Gasteiger partial charge in [-0.3, -0.25) is 4.90 Å². The van der Waals surface area contributed by atoms with Gasteiger partial charge in [0, 0.05) is 13.0 Å². The van der Waals surface area contributed by atoms with Gasteiger partial charge in [0.15, 0.2) is 0 Å². The van der Waals surface area contributed by atoms with Crippen molar-refractivity contribution >= 4 is 0 Å². The Bertz CT molecular complexity index is 469. The van der Waals surface area contributed by atoms with Crippen molar-refractivity contribution in [2.24, 2.45) is 0 Å². The van der Waals surface area contributed by atoms with Gasteiger partial charge in [-0.1, -0.05) is 67.6 Å². The summed E-state index contributed by atoms with van der Waals surface area (Å²) in [6.07, 6.45) is 0.231. The first kappa shape index (κ1) is 13.8. The lowest BCUT2D eigenvalue weighted by atomic mass is 10.1. The minimum Gasteiger partial charge on any atom is -0.378 e. The number of likely N-dealkylation sites (N-methyl/N-ethyl adjacent to an activating group) is 1. The maximum atomic E-state index is 10.3. The third-order valence-electron chi connectivity index (χ3n) is 3.32. The number of aliphatic hydroxyl groups is 1. The summed E-state index contributed by atoms with van der Waals surface area (Å²) in [6.45, 7) is 3.70. The predicted octanol–water partition coefficient (Wildman–Crippen LogP) is 3.07. The molecule has 2 aromatic carbocycles. The molecule has 0 fully saturated rings. The fourth-order valence-electron chi connectivity index (χ4n) is 2.20. The third-order valence-corrected chi connectivity index (χ3v) is 3.32. The molecule has 0 aliphatic rings. The Morgan fingerprint density at radius 2 is 1.42 bits per heavy atom. The second-order valence-corrected chi connectivity index (χ2v) is 4.72. The molecule has 2 aromatic rings. The highest BCUT2D eigenvalue weighted by atomic mass is 16.3. The quantitative estimate of drug-likeness (QED) is 0.802. The van der Waals surface area contributed by atoms with E-state index in [1.807, 2.05) is 36.4 Å². The van der Waals surface area contributed by atoms with Crippen LogP contribution in [0.25, 0.3) is 0 Å². The standard InChI is InChI=1S/C17H21NO/c1-2-18(14-16-11-7-4-8-12-16)17(19)13-15-9-5-3-6-10-15/h3-12,17,19H,2,13-14H2,1H3. The Hall–Kier alpha value is -1.64. The maximum Gasteiger partial charge on any atom is 0.111 e. The molecule has 2 heteroatoms. The summed E-state index contributed by atoms with van der Waals surface area (Å²) in [4.78, 5) is 2.09. The number of rotatable bonds is 6. The Kier molecular flexibility index (Phi) is 5.13. The summed E-state index contributed by atoms with van der Waals surface area (Å²) in [5.41, 5.74) is 2.40. The monoisotopic (exact) mass is 255 g/mol. The van der Waals surface area contributed by atoms with Gasteiger partial charge in [0.25, 0.3) is 0 Å². The third kappa shape index (κ3) is 4.19. The van der Waals surface area contributed by atoms with Crippen LogP contribution in [0.5, 0.6) is 0 Å². The van der Waals surface area contributed by atoms with Crippen LogP contribution in [0.3, 0.4) is 0 Å². The molecule has 0 spiro atoms. The second kappa shape index (κ2) is 7.07. The van der Waals surface area contributed by atoms with Crippen molar-refractivity contribution in [1.29, 1.82) is 0 Å². The molecule has 0 aromatic heterocycles. The van der Waals surface area contributed by atoms with Gasteiger partial charge in [0.05, 0.1) is 0 Å². The molecule has 1 N–H and O–H groups in total. The van der Waals surface area contributed by atoms with Crippen LogP contribution in [0.1, 0.15) is 18.1 Å². The summed E-state index contributed by atoms with van der Waals surface area (Å²) >= 11 is 0. The topological polar surface area (TPSA) is 23.5 Å². The van der Waals surface area contributed by atoms with Crippen LogP contribution < -0.4 is 0 Å². The van der Waals surface area contributed by atoms with E-state index in [1.54, 1.807) is 0 Å². The Morgan fingerprint density at radius 3 is 1.95 bits per heavy atom. The number of aliphatic hydroxyl groups excluding tert-OH is 1. The van der Waals surface area contributed by atoms with E-state index in [0.717, 1.165) is 13.1 Å². The van der Waals surface area contributed by atoms with Gasteiger partial charge in [-0.2, -0.15) is 0 Å². The van der Waals surface area contributed by atoms with Crippen LogP contribution in [0.4, 0.5) is 0 Å². The zero-order valence-corrected chi connectivity index (χ0v) is 11.4. The van der Waals surface area contributed by atoms with E-state index in [0.29, 0.717) is 6.42 Å². The molecule has 100 valence electrons. The van der Waals surface area contributed by atoms with Crippen LogP contribution in [0.2, 0.25) is 0 Å². The van der Waals surface area contributed by atoms with Crippen molar-refractivity contribution in [2.75, 3.05) is 6.54 Å². The number of benzene rings is 2. The molecular weight excluding hydrogens is 234 g/mol. The van der Waals surface area contributed by atoms with E-state index >= 15 is 0 Å². The molecule has 0 aliphatic heterocycles. The molecule has 0 heterocycles. The first-order valence-corrected chi connectivity index (χ1v) is 6.79. The van der Waals surface area contributed by atoms with E-state index in [1.165, 1.54) is 11.1 Å². The fourth-order valence-corrected chi connectivity index (χ4v) is 2.20. The highest BCUT2D eigenvalue weighted by Gasteiger charge is 2.14. The maximum absolute atomic E-state index is 10.3.